The molecular weight excluding hydrogens is 202 g/mol. The van der Waals surface area contributed by atoms with Crippen LogP contribution in [0.4, 0.5) is 5.82 Å². The van der Waals surface area contributed by atoms with Gasteiger partial charge in [0, 0.05) is 13.1 Å². The Balaban J connectivity index is 2.06. The smallest absolute Gasteiger partial charge is 0.151 e. The van der Waals surface area contributed by atoms with Gasteiger partial charge in [0.15, 0.2) is 5.82 Å². The van der Waals surface area contributed by atoms with Crippen molar-refractivity contribution in [1.29, 1.82) is 0 Å². The zero-order chi connectivity index (χ0) is 11.5. The number of aryl methyl sites for hydroxylation is 1. The fourth-order valence-corrected chi connectivity index (χ4v) is 1.85. The van der Waals surface area contributed by atoms with Crippen LogP contribution in [0.25, 0.3) is 0 Å². The molecule has 1 aromatic heterocycles. The molecule has 0 N–H and O–H groups in total. The molecule has 0 amide bonds. The minimum absolute atomic E-state index is 0.303. The lowest BCUT2D eigenvalue weighted by Gasteiger charge is -2.35. The first-order valence-corrected chi connectivity index (χ1v) is 5.83. The second-order valence-electron chi connectivity index (χ2n) is 4.63. The van der Waals surface area contributed by atoms with E-state index in [1.54, 1.807) is 0 Å². The van der Waals surface area contributed by atoms with Crippen LogP contribution in [0.5, 0.6) is 0 Å². The van der Waals surface area contributed by atoms with Crippen LogP contribution in [0.3, 0.4) is 0 Å². The van der Waals surface area contributed by atoms with Crippen LogP contribution in [-0.4, -0.2) is 36.0 Å². The van der Waals surface area contributed by atoms with E-state index < -0.39 is 0 Å². The standard InChI is InChI=1S/C12H19N3O/c1-9(2)11-8-15(6-7-16-11)12-5-4-10(3)13-14-12/h4-5,9,11H,6-8H2,1-3H3. The molecule has 0 saturated carbocycles. The fourth-order valence-electron chi connectivity index (χ4n) is 1.85. The molecule has 2 heterocycles. The third-order valence-corrected chi connectivity index (χ3v) is 2.94. The Hall–Kier alpha value is -1.16. The number of rotatable bonds is 2. The highest BCUT2D eigenvalue weighted by molar-refractivity contribution is 5.37. The third-order valence-electron chi connectivity index (χ3n) is 2.94. The van der Waals surface area contributed by atoms with Crippen molar-refractivity contribution in [2.75, 3.05) is 24.6 Å². The molecule has 0 bridgehead atoms. The van der Waals surface area contributed by atoms with Gasteiger partial charge in [-0.1, -0.05) is 13.8 Å². The number of aromatic nitrogens is 2. The Labute approximate surface area is 96.6 Å². The molecule has 0 spiro atoms. The summed E-state index contributed by atoms with van der Waals surface area (Å²) in [5.74, 6) is 1.50. The van der Waals surface area contributed by atoms with E-state index >= 15 is 0 Å². The van der Waals surface area contributed by atoms with Gasteiger partial charge in [-0.05, 0) is 25.0 Å². The van der Waals surface area contributed by atoms with Crippen molar-refractivity contribution in [2.24, 2.45) is 5.92 Å². The summed E-state index contributed by atoms with van der Waals surface area (Å²) >= 11 is 0. The minimum atomic E-state index is 0.303. The first-order valence-electron chi connectivity index (χ1n) is 5.83. The van der Waals surface area contributed by atoms with E-state index in [1.807, 2.05) is 19.1 Å². The van der Waals surface area contributed by atoms with Gasteiger partial charge in [0.25, 0.3) is 0 Å². The highest BCUT2D eigenvalue weighted by Gasteiger charge is 2.23. The minimum Gasteiger partial charge on any atom is -0.374 e. The van der Waals surface area contributed by atoms with Crippen LogP contribution < -0.4 is 4.90 Å². The number of nitrogens with zero attached hydrogens (tertiary/aromatic N) is 3. The molecule has 1 aromatic rings. The largest absolute Gasteiger partial charge is 0.374 e. The van der Waals surface area contributed by atoms with Crippen LogP contribution in [-0.2, 0) is 4.74 Å². The average molecular weight is 221 g/mol. The molecular formula is C12H19N3O. The van der Waals surface area contributed by atoms with E-state index in [9.17, 15) is 0 Å². The molecule has 0 aliphatic carbocycles. The molecule has 1 unspecified atom stereocenters. The first-order chi connectivity index (χ1) is 7.66. The van der Waals surface area contributed by atoms with Gasteiger partial charge in [-0.3, -0.25) is 0 Å². The lowest BCUT2D eigenvalue weighted by atomic mass is 10.1. The summed E-state index contributed by atoms with van der Waals surface area (Å²) in [7, 11) is 0. The Morgan fingerprint density at radius 3 is 2.81 bits per heavy atom. The summed E-state index contributed by atoms with van der Waals surface area (Å²) in [4.78, 5) is 2.25. The van der Waals surface area contributed by atoms with Gasteiger partial charge in [-0.15, -0.1) is 5.10 Å². The number of hydrogen-bond donors (Lipinski definition) is 0. The summed E-state index contributed by atoms with van der Waals surface area (Å²) in [5, 5.41) is 8.31. The predicted molar refractivity (Wildman–Crippen MR) is 63.6 cm³/mol. The van der Waals surface area contributed by atoms with Gasteiger partial charge in [0.1, 0.15) is 0 Å². The Kier molecular flexibility index (Phi) is 3.39. The molecule has 88 valence electrons. The molecule has 1 atom stereocenters. The zero-order valence-corrected chi connectivity index (χ0v) is 10.2. The van der Waals surface area contributed by atoms with Crippen molar-refractivity contribution in [3.63, 3.8) is 0 Å². The Morgan fingerprint density at radius 2 is 2.19 bits per heavy atom. The maximum atomic E-state index is 5.72. The summed E-state index contributed by atoms with van der Waals surface area (Å²) in [6.45, 7) is 8.92. The Morgan fingerprint density at radius 1 is 1.38 bits per heavy atom. The lowest BCUT2D eigenvalue weighted by Crippen LogP contribution is -2.45. The molecule has 16 heavy (non-hydrogen) atoms. The van der Waals surface area contributed by atoms with Crippen molar-refractivity contribution in [3.05, 3.63) is 17.8 Å². The van der Waals surface area contributed by atoms with Crippen molar-refractivity contribution in [2.45, 2.75) is 26.9 Å². The van der Waals surface area contributed by atoms with E-state index in [1.165, 1.54) is 0 Å². The van der Waals surface area contributed by atoms with Crippen molar-refractivity contribution >= 4 is 5.82 Å². The summed E-state index contributed by atoms with van der Waals surface area (Å²) < 4.78 is 5.72. The molecule has 1 aliphatic rings. The normalized spacial score (nSPS) is 21.5. The second kappa shape index (κ2) is 4.78. The molecule has 1 fully saturated rings. The number of anilines is 1. The molecule has 0 aromatic carbocycles. The van der Waals surface area contributed by atoms with E-state index in [2.05, 4.69) is 28.9 Å². The second-order valence-corrected chi connectivity index (χ2v) is 4.63. The Bertz CT molecular complexity index is 337. The summed E-state index contributed by atoms with van der Waals surface area (Å²) in [6.07, 6.45) is 0.303. The van der Waals surface area contributed by atoms with Gasteiger partial charge in [-0.2, -0.15) is 5.10 Å². The van der Waals surface area contributed by atoms with Crippen LogP contribution in [0.1, 0.15) is 19.5 Å². The zero-order valence-electron chi connectivity index (χ0n) is 10.2. The highest BCUT2D eigenvalue weighted by atomic mass is 16.5. The number of morpholine rings is 1. The van der Waals surface area contributed by atoms with Crippen molar-refractivity contribution in [1.82, 2.24) is 10.2 Å². The molecule has 4 heteroatoms. The number of hydrogen-bond acceptors (Lipinski definition) is 4. The van der Waals surface area contributed by atoms with Gasteiger partial charge in [0.2, 0.25) is 0 Å². The molecule has 1 saturated heterocycles. The average Bonchev–Trinajstić information content (AvgIpc) is 2.30. The third kappa shape index (κ3) is 2.50. The number of ether oxygens (including phenoxy) is 1. The van der Waals surface area contributed by atoms with Crippen molar-refractivity contribution < 1.29 is 4.74 Å². The topological polar surface area (TPSA) is 38.2 Å². The van der Waals surface area contributed by atoms with E-state index in [0.717, 1.165) is 31.2 Å². The quantitative estimate of drug-likeness (QED) is 0.761. The van der Waals surface area contributed by atoms with Crippen molar-refractivity contribution in [3.8, 4) is 0 Å². The van der Waals surface area contributed by atoms with Gasteiger partial charge in [-0.25, -0.2) is 0 Å². The molecule has 0 radical (unpaired) electrons. The van der Waals surface area contributed by atoms with E-state index in [0.29, 0.717) is 12.0 Å². The molecule has 4 nitrogen and oxygen atoms in total. The maximum Gasteiger partial charge on any atom is 0.151 e. The van der Waals surface area contributed by atoms with Crippen LogP contribution >= 0.6 is 0 Å². The van der Waals surface area contributed by atoms with E-state index in [-0.39, 0.29) is 0 Å². The SMILES string of the molecule is Cc1ccc(N2CCOC(C(C)C)C2)nn1. The monoisotopic (exact) mass is 221 g/mol. The van der Waals surface area contributed by atoms with Crippen LogP contribution in [0.15, 0.2) is 12.1 Å². The summed E-state index contributed by atoms with van der Waals surface area (Å²) in [6, 6.07) is 4.03. The van der Waals surface area contributed by atoms with Gasteiger partial charge < -0.3 is 9.64 Å². The summed E-state index contributed by atoms with van der Waals surface area (Å²) in [5.41, 5.74) is 0.956. The van der Waals surface area contributed by atoms with Gasteiger partial charge >= 0.3 is 0 Å². The first kappa shape index (κ1) is 11.3. The predicted octanol–water partition coefficient (Wildman–Crippen LogP) is 1.65. The highest BCUT2D eigenvalue weighted by Crippen LogP contribution is 2.18. The van der Waals surface area contributed by atoms with Crippen LogP contribution in [0, 0.1) is 12.8 Å². The molecule has 1 aliphatic heterocycles. The van der Waals surface area contributed by atoms with E-state index in [4.69, 9.17) is 4.74 Å². The fraction of sp³-hybridized carbons (Fsp3) is 0.667. The van der Waals surface area contributed by atoms with Gasteiger partial charge in [0.05, 0.1) is 18.4 Å². The lowest BCUT2D eigenvalue weighted by molar-refractivity contribution is 0.0111. The van der Waals surface area contributed by atoms with Crippen LogP contribution in [0.2, 0.25) is 0 Å². The maximum absolute atomic E-state index is 5.72. The molecule has 2 rings (SSSR count).